The first-order chi connectivity index (χ1) is 3.77. The third-order valence-corrected chi connectivity index (χ3v) is 0.584. The minimum Gasteiger partial charge on any atom is -0.501 e. The highest BCUT2D eigenvalue weighted by molar-refractivity contribution is 5.73. The molecule has 0 atom stereocenters. The van der Waals surface area contributed by atoms with Crippen LogP contribution in [0.3, 0.4) is 0 Å². The van der Waals surface area contributed by atoms with E-state index in [2.05, 4.69) is 11.3 Å². The molecule has 0 aromatic rings. The Hall–Kier alpha value is -0.990. The van der Waals surface area contributed by atoms with Crippen LogP contribution in [0, 0.1) is 0 Å². The van der Waals surface area contributed by atoms with Crippen LogP contribution in [-0.2, 0) is 9.53 Å². The lowest BCUT2D eigenvalue weighted by Crippen LogP contribution is -2.12. The number of hydrogen-bond donors (Lipinski definition) is 1. The van der Waals surface area contributed by atoms with E-state index in [4.69, 9.17) is 5.73 Å². The van der Waals surface area contributed by atoms with Crippen LogP contribution in [0.4, 0.5) is 0 Å². The molecule has 0 bridgehead atoms. The molecule has 46 valence electrons. The van der Waals surface area contributed by atoms with Gasteiger partial charge in [0.25, 0.3) is 0 Å². The van der Waals surface area contributed by atoms with Crippen molar-refractivity contribution in [2.45, 2.75) is 6.42 Å². The van der Waals surface area contributed by atoms with Gasteiger partial charge in [-0.1, -0.05) is 6.58 Å². The topological polar surface area (TPSA) is 52.3 Å². The molecular formula is C5H9NO2. The van der Waals surface area contributed by atoms with Gasteiger partial charge in [0, 0.05) is 0 Å². The van der Waals surface area contributed by atoms with E-state index in [0.717, 1.165) is 0 Å². The summed E-state index contributed by atoms with van der Waals surface area (Å²) in [6.07, 6.45) is 1.54. The fourth-order valence-corrected chi connectivity index (χ4v) is 0.243. The molecule has 0 rings (SSSR count). The molecule has 1 amide bonds. The van der Waals surface area contributed by atoms with Gasteiger partial charge < -0.3 is 10.5 Å². The number of amides is 1. The fraction of sp³-hybridized carbons (Fsp3) is 0.400. The van der Waals surface area contributed by atoms with Gasteiger partial charge in [-0.3, -0.25) is 4.79 Å². The summed E-state index contributed by atoms with van der Waals surface area (Å²) in [6, 6.07) is 0. The molecule has 3 nitrogen and oxygen atoms in total. The second kappa shape index (κ2) is 4.18. The molecule has 8 heavy (non-hydrogen) atoms. The van der Waals surface area contributed by atoms with Gasteiger partial charge >= 0.3 is 0 Å². The van der Waals surface area contributed by atoms with E-state index >= 15 is 0 Å². The minimum atomic E-state index is -0.355. The van der Waals surface area contributed by atoms with E-state index in [1.807, 2.05) is 0 Å². The monoisotopic (exact) mass is 115 g/mol. The highest BCUT2D eigenvalue weighted by atomic mass is 16.5. The van der Waals surface area contributed by atoms with Crippen LogP contribution in [0.2, 0.25) is 0 Å². The van der Waals surface area contributed by atoms with Gasteiger partial charge in [-0.2, -0.15) is 0 Å². The lowest BCUT2D eigenvalue weighted by atomic mass is 10.4. The van der Waals surface area contributed by atoms with Crippen molar-refractivity contribution in [3.63, 3.8) is 0 Å². The normalized spacial score (nSPS) is 8.00. The standard InChI is InChI=1S/C5H9NO2/c1-2-8-4-3-5(6)7/h2H,1,3-4H2,(H2,6,7). The maximum Gasteiger partial charge on any atom is 0.220 e. The Balaban J connectivity index is 2.93. The largest absolute Gasteiger partial charge is 0.501 e. The van der Waals surface area contributed by atoms with Crippen molar-refractivity contribution >= 4 is 5.91 Å². The predicted molar refractivity (Wildman–Crippen MR) is 30.0 cm³/mol. The quantitative estimate of drug-likeness (QED) is 0.415. The van der Waals surface area contributed by atoms with Crippen molar-refractivity contribution in [3.8, 4) is 0 Å². The van der Waals surface area contributed by atoms with Crippen LogP contribution >= 0.6 is 0 Å². The highest BCUT2D eigenvalue weighted by Gasteiger charge is 1.89. The van der Waals surface area contributed by atoms with Gasteiger partial charge in [0.05, 0.1) is 19.3 Å². The SMILES string of the molecule is C=COCCC(N)=O. The molecule has 0 unspecified atom stereocenters. The molecule has 0 aromatic heterocycles. The Bertz CT molecular complexity index is 90.4. The van der Waals surface area contributed by atoms with Gasteiger partial charge in [-0.25, -0.2) is 0 Å². The fourth-order valence-electron chi connectivity index (χ4n) is 0.243. The minimum absolute atomic E-state index is 0.256. The molecule has 0 aromatic carbocycles. The van der Waals surface area contributed by atoms with Crippen molar-refractivity contribution in [1.29, 1.82) is 0 Å². The second-order valence-electron chi connectivity index (χ2n) is 1.25. The molecule has 0 radical (unpaired) electrons. The lowest BCUT2D eigenvalue weighted by Gasteiger charge is -1.93. The van der Waals surface area contributed by atoms with Crippen LogP contribution in [0.25, 0.3) is 0 Å². The molecule has 3 heteroatoms. The average Bonchev–Trinajstić information content (AvgIpc) is 1.66. The summed E-state index contributed by atoms with van der Waals surface area (Å²) in [6.45, 7) is 3.62. The summed E-state index contributed by atoms with van der Waals surface area (Å²) in [5.74, 6) is -0.355. The van der Waals surface area contributed by atoms with Gasteiger partial charge in [0.2, 0.25) is 5.91 Å². The number of carbonyl (C=O) groups is 1. The van der Waals surface area contributed by atoms with E-state index in [9.17, 15) is 4.79 Å². The van der Waals surface area contributed by atoms with Gasteiger partial charge in [0.1, 0.15) is 0 Å². The molecule has 0 aliphatic rings. The van der Waals surface area contributed by atoms with Crippen molar-refractivity contribution in [3.05, 3.63) is 12.8 Å². The van der Waals surface area contributed by atoms with Crippen molar-refractivity contribution in [2.75, 3.05) is 6.61 Å². The maximum absolute atomic E-state index is 9.98. The molecular weight excluding hydrogens is 106 g/mol. The van der Waals surface area contributed by atoms with E-state index in [1.54, 1.807) is 0 Å². The Morgan fingerprint density at radius 3 is 2.88 bits per heavy atom. The summed E-state index contributed by atoms with van der Waals surface area (Å²) < 4.78 is 4.61. The van der Waals surface area contributed by atoms with Crippen molar-refractivity contribution in [1.82, 2.24) is 0 Å². The van der Waals surface area contributed by atoms with Crippen molar-refractivity contribution < 1.29 is 9.53 Å². The first-order valence-corrected chi connectivity index (χ1v) is 2.28. The van der Waals surface area contributed by atoms with E-state index < -0.39 is 0 Å². The van der Waals surface area contributed by atoms with E-state index in [1.165, 1.54) is 6.26 Å². The Kier molecular flexibility index (Phi) is 3.66. The van der Waals surface area contributed by atoms with Crippen molar-refractivity contribution in [2.24, 2.45) is 5.73 Å². The zero-order valence-corrected chi connectivity index (χ0v) is 4.59. The Labute approximate surface area is 48.1 Å². The zero-order valence-electron chi connectivity index (χ0n) is 4.59. The van der Waals surface area contributed by atoms with Gasteiger partial charge in [-0.05, 0) is 0 Å². The number of nitrogens with two attached hydrogens (primary N) is 1. The van der Waals surface area contributed by atoms with Crippen LogP contribution in [0.1, 0.15) is 6.42 Å². The Morgan fingerprint density at radius 1 is 1.88 bits per heavy atom. The summed E-state index contributed by atoms with van der Waals surface area (Å²) in [4.78, 5) is 9.98. The summed E-state index contributed by atoms with van der Waals surface area (Å²) in [5, 5.41) is 0. The van der Waals surface area contributed by atoms with E-state index in [0.29, 0.717) is 6.61 Å². The molecule has 0 saturated carbocycles. The molecule has 0 saturated heterocycles. The second-order valence-corrected chi connectivity index (χ2v) is 1.25. The summed E-state index contributed by atoms with van der Waals surface area (Å²) >= 11 is 0. The van der Waals surface area contributed by atoms with Gasteiger partial charge in [-0.15, -0.1) is 0 Å². The van der Waals surface area contributed by atoms with Crippen LogP contribution < -0.4 is 5.73 Å². The zero-order chi connectivity index (χ0) is 6.41. The molecule has 0 spiro atoms. The smallest absolute Gasteiger partial charge is 0.220 e. The predicted octanol–water partition coefficient (Wildman–Crippen LogP) is 0.0219. The molecule has 0 aliphatic carbocycles. The summed E-state index contributed by atoms with van der Waals surface area (Å²) in [5.41, 5.74) is 4.78. The van der Waals surface area contributed by atoms with Crippen LogP contribution in [-0.4, -0.2) is 12.5 Å². The number of carbonyl (C=O) groups excluding carboxylic acids is 1. The van der Waals surface area contributed by atoms with E-state index in [-0.39, 0.29) is 12.3 Å². The number of rotatable bonds is 4. The highest BCUT2D eigenvalue weighted by Crippen LogP contribution is 1.78. The number of ether oxygens (including phenoxy) is 1. The summed E-state index contributed by atoms with van der Waals surface area (Å²) in [7, 11) is 0. The van der Waals surface area contributed by atoms with Crippen LogP contribution in [0.15, 0.2) is 12.8 Å². The molecule has 0 heterocycles. The van der Waals surface area contributed by atoms with Crippen LogP contribution in [0.5, 0.6) is 0 Å². The molecule has 2 N–H and O–H groups in total. The lowest BCUT2D eigenvalue weighted by molar-refractivity contribution is -0.118. The number of hydrogen-bond acceptors (Lipinski definition) is 2. The molecule has 0 aliphatic heterocycles. The first kappa shape index (κ1) is 7.01. The number of primary amides is 1. The Morgan fingerprint density at radius 2 is 2.50 bits per heavy atom. The average molecular weight is 115 g/mol. The molecule has 0 fully saturated rings. The third-order valence-electron chi connectivity index (χ3n) is 0.584. The third kappa shape index (κ3) is 5.01. The van der Waals surface area contributed by atoms with Gasteiger partial charge in [0.15, 0.2) is 0 Å². The maximum atomic E-state index is 9.98. The first-order valence-electron chi connectivity index (χ1n) is 2.28.